The molecule has 0 saturated carbocycles. The molecule has 0 amide bonds. The first kappa shape index (κ1) is 22.0. The van der Waals surface area contributed by atoms with E-state index in [0.29, 0.717) is 12.1 Å². The van der Waals surface area contributed by atoms with Gasteiger partial charge in [-0.3, -0.25) is 0 Å². The van der Waals surface area contributed by atoms with Crippen molar-refractivity contribution in [2.45, 2.75) is 24.7 Å². The molecule has 0 aliphatic carbocycles. The lowest BCUT2D eigenvalue weighted by atomic mass is 10.2. The van der Waals surface area contributed by atoms with Crippen molar-refractivity contribution in [3.63, 3.8) is 0 Å². The highest BCUT2D eigenvalue weighted by Crippen LogP contribution is 2.21. The third kappa shape index (κ3) is 5.93. The molecule has 1 N–H and O–H groups in total. The molecule has 1 aromatic heterocycles. The van der Waals surface area contributed by atoms with Crippen molar-refractivity contribution < 1.29 is 9.13 Å². The highest BCUT2D eigenvalue weighted by molar-refractivity contribution is 7.99. The van der Waals surface area contributed by atoms with Gasteiger partial charge in [0.2, 0.25) is 5.16 Å². The van der Waals surface area contributed by atoms with E-state index in [4.69, 9.17) is 4.74 Å². The van der Waals surface area contributed by atoms with Crippen LogP contribution in [-0.2, 0) is 13.2 Å². The molecule has 0 aliphatic rings. The van der Waals surface area contributed by atoms with Gasteiger partial charge in [-0.2, -0.15) is 4.68 Å². The third-order valence-corrected chi connectivity index (χ3v) is 5.81. The van der Waals surface area contributed by atoms with Gasteiger partial charge in [0.15, 0.2) is 0 Å². The Morgan fingerprint density at radius 1 is 0.906 bits per heavy atom. The van der Waals surface area contributed by atoms with Crippen LogP contribution in [0.5, 0.6) is 5.75 Å². The van der Waals surface area contributed by atoms with Crippen LogP contribution in [0.3, 0.4) is 0 Å². The van der Waals surface area contributed by atoms with Crippen molar-refractivity contribution >= 4 is 11.8 Å². The van der Waals surface area contributed by atoms with E-state index >= 15 is 0 Å². The number of hydrogen-bond acceptors (Lipinski definition) is 6. The molecule has 6 nitrogen and oxygen atoms in total. The van der Waals surface area contributed by atoms with E-state index in [2.05, 4.69) is 20.8 Å². The maximum absolute atomic E-state index is 13.8. The zero-order valence-corrected chi connectivity index (χ0v) is 18.3. The van der Waals surface area contributed by atoms with Crippen LogP contribution >= 0.6 is 11.8 Å². The van der Waals surface area contributed by atoms with E-state index in [1.165, 1.54) is 6.07 Å². The minimum Gasteiger partial charge on any atom is -0.488 e. The lowest BCUT2D eigenvalue weighted by molar-refractivity contribution is 0.296. The van der Waals surface area contributed by atoms with Crippen molar-refractivity contribution in [1.82, 2.24) is 25.5 Å². The third-order valence-electron chi connectivity index (χ3n) is 4.80. The van der Waals surface area contributed by atoms with Crippen LogP contribution in [0.25, 0.3) is 5.69 Å². The molecule has 0 aliphatic heterocycles. The second kappa shape index (κ2) is 11.4. The molecule has 0 bridgehead atoms. The molecule has 32 heavy (non-hydrogen) atoms. The van der Waals surface area contributed by atoms with Crippen LogP contribution in [0.1, 0.15) is 17.5 Å². The van der Waals surface area contributed by atoms with Gasteiger partial charge in [-0.15, -0.1) is 5.10 Å². The molecule has 0 atom stereocenters. The molecular formula is C24H24FN5OS. The Bertz CT molecular complexity index is 1120. The first-order chi connectivity index (χ1) is 15.8. The van der Waals surface area contributed by atoms with Gasteiger partial charge in [0.1, 0.15) is 18.2 Å². The van der Waals surface area contributed by atoms with Crippen molar-refractivity contribution in [3.05, 3.63) is 95.8 Å². The number of thioether (sulfide) groups is 1. The summed E-state index contributed by atoms with van der Waals surface area (Å²) in [6.07, 6.45) is 0.963. The topological polar surface area (TPSA) is 64.9 Å². The Hall–Kier alpha value is -3.23. The Morgan fingerprint density at radius 3 is 2.50 bits per heavy atom. The van der Waals surface area contributed by atoms with Crippen LogP contribution in [-0.4, -0.2) is 32.5 Å². The molecule has 0 fully saturated rings. The average Bonchev–Trinajstić information content (AvgIpc) is 3.30. The lowest BCUT2D eigenvalue weighted by Crippen LogP contribution is -2.16. The van der Waals surface area contributed by atoms with Gasteiger partial charge < -0.3 is 10.1 Å². The van der Waals surface area contributed by atoms with Crippen LogP contribution in [0.4, 0.5) is 4.39 Å². The summed E-state index contributed by atoms with van der Waals surface area (Å²) >= 11 is 1.63. The SMILES string of the molecule is Fc1ccccc1COc1ccccc1CNCCCSc1nnnn1-c1ccccc1. The van der Waals surface area contributed by atoms with Crippen LogP contribution < -0.4 is 10.1 Å². The second-order valence-electron chi connectivity index (χ2n) is 7.08. The van der Waals surface area contributed by atoms with Gasteiger partial charge in [-0.1, -0.05) is 66.4 Å². The fourth-order valence-corrected chi connectivity index (χ4v) is 3.98. The minimum atomic E-state index is -0.251. The number of para-hydroxylation sites is 2. The fraction of sp³-hybridized carbons (Fsp3) is 0.208. The standard InChI is InChI=1S/C24H24FN5OS/c25-22-13-6-4-10-20(22)18-31-23-14-7-5-9-19(23)17-26-15-8-16-32-24-27-28-29-30(24)21-11-2-1-3-12-21/h1-7,9-14,26H,8,15-18H2. The molecule has 8 heteroatoms. The maximum atomic E-state index is 13.8. The molecule has 3 aromatic carbocycles. The van der Waals surface area contributed by atoms with Gasteiger partial charge in [0.25, 0.3) is 0 Å². The Morgan fingerprint density at radius 2 is 1.66 bits per heavy atom. The summed E-state index contributed by atoms with van der Waals surface area (Å²) in [5.41, 5.74) is 2.54. The number of rotatable bonds is 11. The Balaban J connectivity index is 1.22. The van der Waals surface area contributed by atoms with Crippen molar-refractivity contribution in [3.8, 4) is 11.4 Å². The molecular weight excluding hydrogens is 425 g/mol. The largest absolute Gasteiger partial charge is 0.488 e. The Kier molecular flexibility index (Phi) is 7.84. The van der Waals surface area contributed by atoms with E-state index in [0.717, 1.165) is 40.9 Å². The highest BCUT2D eigenvalue weighted by Gasteiger charge is 2.09. The van der Waals surface area contributed by atoms with Crippen LogP contribution in [0.2, 0.25) is 0 Å². The molecule has 164 valence electrons. The van der Waals surface area contributed by atoms with E-state index in [1.54, 1.807) is 28.6 Å². The summed E-state index contributed by atoms with van der Waals surface area (Å²) in [6, 6.07) is 24.4. The zero-order chi connectivity index (χ0) is 22.0. The number of aromatic nitrogens is 4. The molecule has 0 spiro atoms. The number of benzene rings is 3. The number of hydrogen-bond donors (Lipinski definition) is 1. The predicted octanol–water partition coefficient (Wildman–Crippen LogP) is 4.65. The van der Waals surface area contributed by atoms with E-state index in [-0.39, 0.29) is 12.4 Å². The Labute approximate surface area is 190 Å². The molecule has 4 rings (SSSR count). The lowest BCUT2D eigenvalue weighted by Gasteiger charge is -2.12. The fourth-order valence-electron chi connectivity index (χ4n) is 3.15. The monoisotopic (exact) mass is 449 g/mol. The summed E-state index contributed by atoms with van der Waals surface area (Å²) in [7, 11) is 0. The molecule has 0 unspecified atom stereocenters. The van der Waals surface area contributed by atoms with E-state index < -0.39 is 0 Å². The summed E-state index contributed by atoms with van der Waals surface area (Å²) < 4.78 is 21.5. The van der Waals surface area contributed by atoms with Crippen LogP contribution in [0, 0.1) is 5.82 Å². The smallest absolute Gasteiger partial charge is 0.214 e. The number of nitrogens with one attached hydrogen (secondary N) is 1. The zero-order valence-electron chi connectivity index (χ0n) is 17.5. The van der Waals surface area contributed by atoms with Crippen molar-refractivity contribution in [1.29, 1.82) is 0 Å². The second-order valence-corrected chi connectivity index (χ2v) is 8.14. The van der Waals surface area contributed by atoms with Gasteiger partial charge >= 0.3 is 0 Å². The molecule has 1 heterocycles. The van der Waals surface area contributed by atoms with Crippen molar-refractivity contribution in [2.75, 3.05) is 12.3 Å². The highest BCUT2D eigenvalue weighted by atomic mass is 32.2. The predicted molar refractivity (Wildman–Crippen MR) is 123 cm³/mol. The summed E-state index contributed by atoms with van der Waals surface area (Å²) in [4.78, 5) is 0. The molecule has 0 saturated heterocycles. The first-order valence-electron chi connectivity index (χ1n) is 10.4. The first-order valence-corrected chi connectivity index (χ1v) is 11.4. The van der Waals surface area contributed by atoms with Crippen LogP contribution in [0.15, 0.2) is 84.0 Å². The molecule has 0 radical (unpaired) electrons. The maximum Gasteiger partial charge on any atom is 0.214 e. The van der Waals surface area contributed by atoms with Crippen molar-refractivity contribution in [2.24, 2.45) is 0 Å². The number of halogens is 1. The average molecular weight is 450 g/mol. The summed E-state index contributed by atoms with van der Waals surface area (Å²) in [5, 5.41) is 16.2. The quantitative estimate of drug-likeness (QED) is 0.266. The van der Waals surface area contributed by atoms with Gasteiger partial charge in [0, 0.05) is 23.4 Å². The summed E-state index contributed by atoms with van der Waals surface area (Å²) in [6.45, 7) is 1.73. The number of tetrazole rings is 1. The number of nitrogens with zero attached hydrogens (tertiary/aromatic N) is 4. The normalized spacial score (nSPS) is 10.9. The van der Waals surface area contributed by atoms with E-state index in [9.17, 15) is 4.39 Å². The van der Waals surface area contributed by atoms with E-state index in [1.807, 2.05) is 60.7 Å². The number of ether oxygens (including phenoxy) is 1. The molecule has 4 aromatic rings. The summed E-state index contributed by atoms with van der Waals surface area (Å²) in [5.74, 6) is 1.41. The van der Waals surface area contributed by atoms with Gasteiger partial charge in [-0.05, 0) is 47.7 Å². The van der Waals surface area contributed by atoms with Gasteiger partial charge in [-0.25, -0.2) is 4.39 Å². The minimum absolute atomic E-state index is 0.205. The van der Waals surface area contributed by atoms with Gasteiger partial charge in [0.05, 0.1) is 5.69 Å².